The Morgan fingerprint density at radius 3 is 2.57 bits per heavy atom. The number of anilines is 1. The zero-order valence-electron chi connectivity index (χ0n) is 15.3. The summed E-state index contributed by atoms with van der Waals surface area (Å²) in [5, 5.41) is 0.284. The Bertz CT molecular complexity index is 555. The van der Waals surface area contributed by atoms with Crippen molar-refractivity contribution in [1.29, 1.82) is 0 Å². The van der Waals surface area contributed by atoms with Gasteiger partial charge in [0.25, 0.3) is 0 Å². The van der Waals surface area contributed by atoms with Crippen molar-refractivity contribution in [2.45, 2.75) is 81.6 Å². The molecule has 2 nitrogen and oxygen atoms in total. The van der Waals surface area contributed by atoms with E-state index >= 15 is 0 Å². The molecule has 0 unspecified atom stereocenters. The second-order valence-electron chi connectivity index (χ2n) is 8.48. The summed E-state index contributed by atoms with van der Waals surface area (Å²) >= 11 is 1.98. The van der Waals surface area contributed by atoms with Crippen LogP contribution >= 0.6 is 11.8 Å². The lowest BCUT2D eigenvalue weighted by molar-refractivity contribution is 0.114. The van der Waals surface area contributed by atoms with Crippen molar-refractivity contribution in [3.8, 4) is 0 Å². The Kier molecular flexibility index (Phi) is 4.87. The smallest absolute Gasteiger partial charge is 0.192 e. The van der Waals surface area contributed by atoms with Gasteiger partial charge in [-0.05, 0) is 43.1 Å². The molecule has 1 fully saturated rings. The van der Waals surface area contributed by atoms with E-state index in [-0.39, 0.29) is 5.04 Å². The minimum absolute atomic E-state index is 0.284. The van der Waals surface area contributed by atoms with Gasteiger partial charge in [0.15, 0.2) is 8.32 Å². The molecule has 0 aromatic heterocycles. The first-order chi connectivity index (χ1) is 10.8. The van der Waals surface area contributed by atoms with Crippen LogP contribution < -0.4 is 4.90 Å². The van der Waals surface area contributed by atoms with Crippen molar-refractivity contribution in [3.05, 3.63) is 24.3 Å². The van der Waals surface area contributed by atoms with Crippen molar-refractivity contribution < 1.29 is 4.43 Å². The van der Waals surface area contributed by atoms with Crippen LogP contribution in [0.1, 0.15) is 46.5 Å². The average Bonchev–Trinajstić information content (AvgIpc) is 2.90. The molecule has 0 saturated heterocycles. The fourth-order valence-corrected chi connectivity index (χ4v) is 5.93. The lowest BCUT2D eigenvalue weighted by atomic mass is 9.91. The van der Waals surface area contributed by atoms with E-state index in [1.807, 2.05) is 11.8 Å². The van der Waals surface area contributed by atoms with Gasteiger partial charge in [-0.25, -0.2) is 0 Å². The lowest BCUT2D eigenvalue weighted by Gasteiger charge is -2.45. The summed E-state index contributed by atoms with van der Waals surface area (Å²) in [6.07, 6.45) is 5.55. The number of hydrogen-bond donors (Lipinski definition) is 0. The Balaban J connectivity index is 1.81. The third kappa shape index (κ3) is 3.49. The third-order valence-electron chi connectivity index (χ3n) is 5.85. The van der Waals surface area contributed by atoms with Crippen LogP contribution in [0.15, 0.2) is 29.2 Å². The fraction of sp³-hybridized carbons (Fsp3) is 0.684. The molecular weight excluding hydrogens is 318 g/mol. The van der Waals surface area contributed by atoms with Crippen molar-refractivity contribution in [3.63, 3.8) is 0 Å². The second-order valence-corrected chi connectivity index (χ2v) is 14.2. The second kappa shape index (κ2) is 6.45. The molecule has 3 rings (SSSR count). The highest BCUT2D eigenvalue weighted by molar-refractivity contribution is 7.99. The highest BCUT2D eigenvalue weighted by Crippen LogP contribution is 2.44. The van der Waals surface area contributed by atoms with Crippen molar-refractivity contribution in [1.82, 2.24) is 0 Å². The number of hydrogen-bond acceptors (Lipinski definition) is 3. The van der Waals surface area contributed by atoms with Crippen LogP contribution in [0.25, 0.3) is 0 Å². The van der Waals surface area contributed by atoms with Gasteiger partial charge in [0.1, 0.15) is 0 Å². The van der Waals surface area contributed by atoms with Gasteiger partial charge in [0.2, 0.25) is 0 Å². The van der Waals surface area contributed by atoms with E-state index in [2.05, 4.69) is 63.0 Å². The minimum Gasteiger partial charge on any atom is -0.412 e. The number of para-hydroxylation sites is 1. The molecule has 1 aromatic carbocycles. The summed E-state index contributed by atoms with van der Waals surface area (Å²) in [5.74, 6) is 1.08. The maximum atomic E-state index is 6.87. The van der Waals surface area contributed by atoms with Gasteiger partial charge in [-0.2, -0.15) is 0 Å². The first-order valence-electron chi connectivity index (χ1n) is 8.96. The minimum atomic E-state index is -1.71. The molecule has 4 heteroatoms. The van der Waals surface area contributed by atoms with Crippen LogP contribution in [0.2, 0.25) is 18.1 Å². The number of thioether (sulfide) groups is 1. The van der Waals surface area contributed by atoms with Crippen LogP contribution in [0.3, 0.4) is 0 Å². The highest BCUT2D eigenvalue weighted by atomic mass is 32.2. The van der Waals surface area contributed by atoms with E-state index in [1.165, 1.54) is 36.3 Å². The molecule has 0 amide bonds. The zero-order chi connectivity index (χ0) is 16.7. The van der Waals surface area contributed by atoms with Gasteiger partial charge in [-0.1, -0.05) is 45.7 Å². The molecular formula is C19H31NOSSi. The Morgan fingerprint density at radius 1 is 1.13 bits per heavy atom. The molecule has 1 aliphatic heterocycles. The van der Waals surface area contributed by atoms with E-state index in [1.54, 1.807) is 0 Å². The summed E-state index contributed by atoms with van der Waals surface area (Å²) in [7, 11) is -1.71. The quantitative estimate of drug-likeness (QED) is 0.631. The Labute approximate surface area is 147 Å². The van der Waals surface area contributed by atoms with Crippen LogP contribution in [0.4, 0.5) is 5.69 Å². The molecule has 1 aliphatic carbocycles. The molecule has 1 heterocycles. The monoisotopic (exact) mass is 349 g/mol. The fourth-order valence-electron chi connectivity index (χ4n) is 3.43. The number of fused-ring (bicyclic) bond motifs is 1. The summed E-state index contributed by atoms with van der Waals surface area (Å²) in [6, 6.07) is 9.42. The van der Waals surface area contributed by atoms with Gasteiger partial charge in [0.05, 0.1) is 23.7 Å². The van der Waals surface area contributed by atoms with Gasteiger partial charge in [0, 0.05) is 4.90 Å². The molecule has 0 bridgehead atoms. The molecule has 0 radical (unpaired) electrons. The van der Waals surface area contributed by atoms with Gasteiger partial charge < -0.3 is 9.33 Å². The van der Waals surface area contributed by atoms with E-state index in [0.29, 0.717) is 12.1 Å². The zero-order valence-corrected chi connectivity index (χ0v) is 17.1. The molecule has 2 atom stereocenters. The topological polar surface area (TPSA) is 12.5 Å². The molecule has 23 heavy (non-hydrogen) atoms. The van der Waals surface area contributed by atoms with Crippen LogP contribution in [-0.4, -0.2) is 26.3 Å². The molecule has 2 aliphatic rings. The van der Waals surface area contributed by atoms with Crippen molar-refractivity contribution in [2.75, 3.05) is 10.8 Å². The van der Waals surface area contributed by atoms with Gasteiger partial charge in [-0.15, -0.1) is 11.8 Å². The first-order valence-corrected chi connectivity index (χ1v) is 12.9. The van der Waals surface area contributed by atoms with Gasteiger partial charge >= 0.3 is 0 Å². The number of nitrogens with zero attached hydrogens (tertiary/aromatic N) is 1. The van der Waals surface area contributed by atoms with Crippen molar-refractivity contribution in [2.24, 2.45) is 0 Å². The van der Waals surface area contributed by atoms with Crippen molar-refractivity contribution >= 4 is 25.8 Å². The SMILES string of the molecule is CC(C)(C)[Si](C)(C)O[C@@H]1CCCC[C@H]1N1CSc2ccccc21. The Hall–Kier alpha value is -0.453. The number of benzene rings is 1. The maximum absolute atomic E-state index is 6.87. The molecule has 1 saturated carbocycles. The van der Waals surface area contributed by atoms with Crippen LogP contribution in [-0.2, 0) is 4.43 Å². The lowest BCUT2D eigenvalue weighted by Crippen LogP contribution is -2.52. The predicted octanol–water partition coefficient (Wildman–Crippen LogP) is 5.89. The first kappa shape index (κ1) is 17.4. The molecule has 0 spiro atoms. The summed E-state index contributed by atoms with van der Waals surface area (Å²) in [6.45, 7) is 11.8. The van der Waals surface area contributed by atoms with Crippen LogP contribution in [0.5, 0.6) is 0 Å². The van der Waals surface area contributed by atoms with E-state index < -0.39 is 8.32 Å². The molecule has 0 N–H and O–H groups in total. The average molecular weight is 350 g/mol. The summed E-state index contributed by atoms with van der Waals surface area (Å²) in [4.78, 5) is 4.06. The molecule has 1 aromatic rings. The number of rotatable bonds is 3. The standard InChI is InChI=1S/C19H31NOSSi/c1-19(2,3)23(4,5)21-17-12-8-6-10-15(17)20-14-22-18-13-9-7-11-16(18)20/h7,9,11,13,15,17H,6,8,10,12,14H2,1-5H3/t15-,17-/m1/s1. The van der Waals surface area contributed by atoms with Gasteiger partial charge in [-0.3, -0.25) is 0 Å². The predicted molar refractivity (Wildman–Crippen MR) is 104 cm³/mol. The Morgan fingerprint density at radius 2 is 1.83 bits per heavy atom. The van der Waals surface area contributed by atoms with Crippen LogP contribution in [0, 0.1) is 0 Å². The summed E-state index contributed by atoms with van der Waals surface area (Å²) < 4.78 is 6.87. The van der Waals surface area contributed by atoms with E-state index in [4.69, 9.17) is 4.43 Å². The summed E-state index contributed by atoms with van der Waals surface area (Å²) in [5.41, 5.74) is 1.42. The normalized spacial score (nSPS) is 25.5. The largest absolute Gasteiger partial charge is 0.412 e. The maximum Gasteiger partial charge on any atom is 0.192 e. The highest BCUT2D eigenvalue weighted by Gasteiger charge is 2.43. The van der Waals surface area contributed by atoms with E-state index in [0.717, 1.165) is 5.88 Å². The third-order valence-corrected chi connectivity index (χ3v) is 11.4. The molecule has 128 valence electrons. The van der Waals surface area contributed by atoms with E-state index in [9.17, 15) is 0 Å².